The van der Waals surface area contributed by atoms with Gasteiger partial charge in [0, 0.05) is 25.0 Å². The summed E-state index contributed by atoms with van der Waals surface area (Å²) in [6.07, 6.45) is -2.17. The highest BCUT2D eigenvalue weighted by atomic mass is 16.4. The average Bonchev–Trinajstić information content (AvgIpc) is 2.63. The van der Waals surface area contributed by atoms with Crippen LogP contribution < -0.4 is 0 Å². The van der Waals surface area contributed by atoms with E-state index in [1.807, 2.05) is 0 Å². The number of benzene rings is 1. The molecule has 98 valence electrons. The number of hydrogen-bond acceptors (Lipinski definition) is 4. The van der Waals surface area contributed by atoms with Crippen molar-refractivity contribution in [3.05, 3.63) is 35.9 Å². The Balaban J connectivity index is 2.53. The first-order valence-electron chi connectivity index (χ1n) is 8.24. The van der Waals surface area contributed by atoms with E-state index in [1.165, 1.54) is 6.92 Å². The van der Waals surface area contributed by atoms with E-state index < -0.39 is 30.5 Å². The molecule has 0 aliphatic carbocycles. The highest BCUT2D eigenvalue weighted by Crippen LogP contribution is 2.35. The molecule has 1 fully saturated rings. The van der Waals surface area contributed by atoms with Crippen molar-refractivity contribution in [2.24, 2.45) is 5.41 Å². The van der Waals surface area contributed by atoms with E-state index >= 15 is 0 Å². The van der Waals surface area contributed by atoms with Crippen molar-refractivity contribution in [2.45, 2.75) is 26.0 Å². The van der Waals surface area contributed by atoms with Crippen molar-refractivity contribution in [1.29, 1.82) is 1.43 Å². The normalized spacial score (nSPS) is 37.9. The van der Waals surface area contributed by atoms with Gasteiger partial charge in [0.25, 0.3) is 1.43 Å². The van der Waals surface area contributed by atoms with Crippen LogP contribution >= 0.6 is 0 Å². The number of nitrogens with zero attached hydrogens (tertiary/aromatic N) is 1. The molecule has 1 saturated heterocycles. The number of carbonyl (C=O) groups is 1. The lowest BCUT2D eigenvalue weighted by atomic mass is 9.82. The van der Waals surface area contributed by atoms with Crippen LogP contribution in [0.1, 0.15) is 24.4 Å². The highest BCUT2D eigenvalue weighted by molar-refractivity contribution is 5.76. The zero-order valence-corrected chi connectivity index (χ0v) is 10.1. The van der Waals surface area contributed by atoms with Crippen LogP contribution in [0.4, 0.5) is 0 Å². The molecule has 1 aliphatic heterocycles. The van der Waals surface area contributed by atoms with Crippen LogP contribution in [0, 0.1) is 5.41 Å². The molecule has 0 radical (unpaired) electrons. The van der Waals surface area contributed by atoms with Crippen LogP contribution in [0.25, 0.3) is 1.43 Å². The molecule has 18 heavy (non-hydrogen) atoms. The summed E-state index contributed by atoms with van der Waals surface area (Å²) in [4.78, 5) is 12.9. The van der Waals surface area contributed by atoms with Gasteiger partial charge in [-0.05, 0) is 12.0 Å². The fourth-order valence-corrected chi connectivity index (χ4v) is 2.02. The second kappa shape index (κ2) is 5.08. The fraction of sp³-hybridized carbons (Fsp3) is 0.500. The molecule has 1 aromatic rings. The smallest absolute Gasteiger partial charge is 0.313 e. The monoisotopic (exact) mass is 254 g/mol. The lowest BCUT2D eigenvalue weighted by molar-refractivity contribution is -0.153. The van der Waals surface area contributed by atoms with Gasteiger partial charge in [0.1, 0.15) is 5.41 Å². The molecule has 2 N–H and O–H groups in total. The first-order valence-corrected chi connectivity index (χ1v) is 5.83. The van der Waals surface area contributed by atoms with Gasteiger partial charge in [-0.2, -0.15) is 0 Å². The molecule has 0 bridgehead atoms. The number of aliphatic hydroxyl groups excluding tert-OH is 1. The zero-order chi connectivity index (χ0) is 17.5. The molecule has 1 aliphatic rings. The van der Waals surface area contributed by atoms with Crippen molar-refractivity contribution in [1.82, 2.24) is 4.90 Å². The summed E-state index contributed by atoms with van der Waals surface area (Å²) in [6, 6.07) is 8.65. The van der Waals surface area contributed by atoms with Crippen LogP contribution in [-0.2, 0) is 11.3 Å². The number of carboxylic acids is 1. The van der Waals surface area contributed by atoms with E-state index in [0.717, 1.165) is 4.90 Å². The molecular weight excluding hydrogens is 230 g/mol. The van der Waals surface area contributed by atoms with Crippen molar-refractivity contribution >= 4 is 5.97 Å². The minimum atomic E-state index is -2.53. The maximum absolute atomic E-state index is 12.1. The lowest BCUT2D eigenvalue weighted by Gasteiger charge is -2.25. The molecule has 1 aromatic carbocycles. The van der Waals surface area contributed by atoms with Gasteiger partial charge >= 0.3 is 5.97 Å². The third-order valence-electron chi connectivity index (χ3n) is 3.18. The first-order chi connectivity index (χ1) is 10.7. The number of likely N-dealkylation sites (tertiary alicyclic amines) is 1. The maximum Gasteiger partial charge on any atom is 0.313 e. The molecule has 2 unspecified atom stereocenters. The second-order valence-electron chi connectivity index (χ2n) is 4.33. The van der Waals surface area contributed by atoms with Crippen LogP contribution in [0.2, 0.25) is 0 Å². The van der Waals surface area contributed by atoms with Crippen molar-refractivity contribution in [3.8, 4) is 0 Å². The number of β-amino-alcohol motifs (C(OH)–C–C–N with tert-alkyl or cyclic N) is 1. The molecule has 0 spiro atoms. The Morgan fingerprint density at radius 1 is 1.61 bits per heavy atom. The van der Waals surface area contributed by atoms with Crippen LogP contribution in [0.3, 0.4) is 0 Å². The number of carboxylic acid groups (broad SMARTS) is 1. The van der Waals surface area contributed by atoms with Crippen LogP contribution in [0.5, 0.6) is 0 Å². The molecule has 2 rings (SSSR count). The SMILES string of the molecule is [2H]OC(=O)C1(CC)C(O)C([2H])([2H])N(Cc2ccccc2)C1([2H])[2H]. The Morgan fingerprint density at radius 3 is 2.94 bits per heavy atom. The summed E-state index contributed by atoms with van der Waals surface area (Å²) in [5, 5.41) is 14.4. The summed E-state index contributed by atoms with van der Waals surface area (Å²) in [5.41, 5.74) is -1.54. The Morgan fingerprint density at radius 2 is 2.33 bits per heavy atom. The summed E-state index contributed by atoms with van der Waals surface area (Å²) < 4.78 is 39.7. The van der Waals surface area contributed by atoms with Gasteiger partial charge in [-0.25, -0.2) is 0 Å². The molecule has 4 heteroatoms. The summed E-state index contributed by atoms with van der Waals surface area (Å²) in [7, 11) is 0. The molecule has 4 nitrogen and oxygen atoms in total. The summed E-state index contributed by atoms with van der Waals surface area (Å²) in [6.45, 7) is -3.70. The Kier molecular flexibility index (Phi) is 2.23. The first kappa shape index (κ1) is 7.92. The molecule has 0 saturated carbocycles. The van der Waals surface area contributed by atoms with E-state index in [2.05, 4.69) is 5.11 Å². The number of aliphatic hydroxyl groups is 1. The molecule has 0 aromatic heterocycles. The van der Waals surface area contributed by atoms with Crippen LogP contribution in [0.15, 0.2) is 30.3 Å². The third-order valence-corrected chi connectivity index (χ3v) is 3.18. The van der Waals surface area contributed by atoms with Gasteiger partial charge in [-0.15, -0.1) is 0 Å². The molecule has 1 heterocycles. The van der Waals surface area contributed by atoms with E-state index in [1.54, 1.807) is 30.3 Å². The van der Waals surface area contributed by atoms with Gasteiger partial charge < -0.3 is 10.2 Å². The van der Waals surface area contributed by atoms with Gasteiger partial charge in [-0.3, -0.25) is 9.69 Å². The quantitative estimate of drug-likeness (QED) is 0.851. The van der Waals surface area contributed by atoms with Crippen molar-refractivity contribution in [3.63, 3.8) is 0 Å². The second-order valence-corrected chi connectivity index (χ2v) is 4.33. The lowest BCUT2D eigenvalue weighted by Crippen LogP contribution is -2.41. The highest BCUT2D eigenvalue weighted by Gasteiger charge is 2.50. The van der Waals surface area contributed by atoms with Crippen molar-refractivity contribution in [2.75, 3.05) is 13.0 Å². The summed E-state index contributed by atoms with van der Waals surface area (Å²) in [5.74, 6) is -1.28. The summed E-state index contributed by atoms with van der Waals surface area (Å²) >= 11 is 0. The predicted octanol–water partition coefficient (Wildman–Crippen LogP) is 1.34. The Bertz CT molecular complexity index is 583. The zero-order valence-electron chi connectivity index (χ0n) is 15.1. The maximum atomic E-state index is 12.1. The topological polar surface area (TPSA) is 60.8 Å². The largest absolute Gasteiger partial charge is 0.481 e. The molecular formula is C14H19NO3. The minimum absolute atomic E-state index is 0.134. The predicted molar refractivity (Wildman–Crippen MR) is 68.1 cm³/mol. The van der Waals surface area contributed by atoms with Gasteiger partial charge in [0.05, 0.1) is 6.10 Å². The Labute approximate surface area is 114 Å². The average molecular weight is 254 g/mol. The number of aliphatic carboxylic acids is 1. The van der Waals surface area contributed by atoms with Gasteiger partial charge in [0.15, 0.2) is 0 Å². The van der Waals surface area contributed by atoms with Crippen molar-refractivity contribution < 1.29 is 20.5 Å². The molecule has 0 amide bonds. The van der Waals surface area contributed by atoms with E-state index in [4.69, 9.17) is 6.91 Å². The van der Waals surface area contributed by atoms with Crippen LogP contribution in [-0.4, -0.2) is 40.2 Å². The number of rotatable bonds is 4. The minimum Gasteiger partial charge on any atom is -0.481 e. The van der Waals surface area contributed by atoms with E-state index in [9.17, 15) is 9.90 Å². The van der Waals surface area contributed by atoms with E-state index in [0.29, 0.717) is 5.56 Å². The molecule has 2 atom stereocenters. The van der Waals surface area contributed by atoms with Gasteiger partial charge in [-0.1, -0.05) is 37.3 Å². The standard InChI is InChI=1S/C14H19NO3/c1-2-14(13(17)18)10-15(9-12(14)16)8-11-6-4-3-5-7-11/h3-7,12,16H,2,8-10H2,1H3,(H,17,18)/i9D2,10D2/hD. The van der Waals surface area contributed by atoms with Gasteiger partial charge in [0.2, 0.25) is 0 Å². The Hall–Kier alpha value is -1.39. The third kappa shape index (κ3) is 2.26. The fourth-order valence-electron chi connectivity index (χ4n) is 2.02. The number of hydrogen-bond donors (Lipinski definition) is 2. The van der Waals surface area contributed by atoms with E-state index in [-0.39, 0.29) is 13.0 Å².